The van der Waals surface area contributed by atoms with E-state index in [1.54, 1.807) is 0 Å². The summed E-state index contributed by atoms with van der Waals surface area (Å²) in [4.78, 5) is 4.55. The molecule has 0 spiro atoms. The Morgan fingerprint density at radius 2 is 1.65 bits per heavy atom. The summed E-state index contributed by atoms with van der Waals surface area (Å²) in [6, 6.07) is 24.3. The third kappa shape index (κ3) is 1.96. The molecule has 0 saturated heterocycles. The van der Waals surface area contributed by atoms with Gasteiger partial charge in [0.15, 0.2) is 6.71 Å². The minimum Gasteiger partial charge on any atom is -0.305 e. The van der Waals surface area contributed by atoms with Crippen molar-refractivity contribution in [3.63, 3.8) is 0 Å². The van der Waals surface area contributed by atoms with E-state index in [-0.39, 0.29) is 27.8 Å². The van der Waals surface area contributed by atoms with Gasteiger partial charge >= 0.3 is 0 Å². The van der Waals surface area contributed by atoms with E-state index in [4.69, 9.17) is 0 Å². The van der Waals surface area contributed by atoms with Crippen molar-refractivity contribution in [2.45, 2.75) is 0 Å². The zero-order valence-corrected chi connectivity index (χ0v) is 13.0. The summed E-state index contributed by atoms with van der Waals surface area (Å²) < 4.78 is 0. The molecule has 1 aromatic heterocycles. The molecule has 2 aromatic carbocycles. The monoisotopic (exact) mass is 435 g/mol. The molecule has 1 aliphatic rings. The zero-order valence-electron chi connectivity index (χ0n) is 10.7. The van der Waals surface area contributed by atoms with Crippen molar-refractivity contribution in [1.82, 2.24) is 4.98 Å². The first-order valence-electron chi connectivity index (χ1n) is 6.46. The molecule has 1 aliphatic heterocycles. The van der Waals surface area contributed by atoms with Crippen LogP contribution in [0.1, 0.15) is 0 Å². The molecule has 0 atom stereocenters. The maximum absolute atomic E-state index is 4.55. The second kappa shape index (κ2) is 5.38. The van der Waals surface area contributed by atoms with E-state index in [0.717, 1.165) is 11.3 Å². The molecule has 98 valence electrons. The van der Waals surface area contributed by atoms with Crippen LogP contribution < -0.4 is 16.4 Å². The predicted molar refractivity (Wildman–Crippen MR) is 79.6 cm³/mol. The van der Waals surface area contributed by atoms with Crippen LogP contribution in [0, 0.1) is 6.07 Å². The fraction of sp³-hybridized carbons (Fsp3) is 0. The van der Waals surface area contributed by atoms with Crippen molar-refractivity contribution < 1.29 is 21.1 Å². The van der Waals surface area contributed by atoms with Crippen LogP contribution >= 0.6 is 0 Å². The molecule has 0 unspecified atom stereocenters. The Hall–Kier alpha value is -1.66. The number of hydrogen-bond acceptors (Lipinski definition) is 1. The van der Waals surface area contributed by atoms with Gasteiger partial charge in [-0.3, -0.25) is 0 Å². The second-order valence-corrected chi connectivity index (χ2v) is 4.79. The van der Waals surface area contributed by atoms with Gasteiger partial charge in [0.05, 0.1) is 0 Å². The predicted octanol–water partition coefficient (Wildman–Crippen LogP) is 1.38. The number of benzene rings is 2. The van der Waals surface area contributed by atoms with E-state index >= 15 is 0 Å². The van der Waals surface area contributed by atoms with Crippen molar-refractivity contribution in [3.8, 4) is 11.3 Å². The Morgan fingerprint density at radius 3 is 2.50 bits per heavy atom. The zero-order chi connectivity index (χ0) is 12.7. The largest absolute Gasteiger partial charge is 0.305 e. The van der Waals surface area contributed by atoms with Crippen LogP contribution in [0.25, 0.3) is 11.3 Å². The van der Waals surface area contributed by atoms with Gasteiger partial charge in [-0.15, -0.1) is 35.3 Å². The quantitative estimate of drug-likeness (QED) is 0.326. The Morgan fingerprint density at radius 1 is 0.850 bits per heavy atom. The van der Waals surface area contributed by atoms with Gasteiger partial charge in [0.25, 0.3) is 0 Å². The summed E-state index contributed by atoms with van der Waals surface area (Å²) in [6.07, 6.45) is 1.86. The topological polar surface area (TPSA) is 12.9 Å². The van der Waals surface area contributed by atoms with Gasteiger partial charge < -0.3 is 4.98 Å². The summed E-state index contributed by atoms with van der Waals surface area (Å²) in [6.45, 7) is 0.289. The van der Waals surface area contributed by atoms with Gasteiger partial charge in [0, 0.05) is 27.3 Å². The van der Waals surface area contributed by atoms with E-state index < -0.39 is 0 Å². The van der Waals surface area contributed by atoms with E-state index in [1.165, 1.54) is 16.4 Å². The number of pyridine rings is 1. The Bertz CT molecular complexity index is 697. The molecule has 0 saturated carbocycles. The fourth-order valence-electron chi connectivity index (χ4n) is 2.93. The molecule has 2 heterocycles. The Labute approximate surface area is 133 Å². The normalized spacial score (nSPS) is 11.5. The summed E-state index contributed by atoms with van der Waals surface area (Å²) in [5.74, 6) is 0. The summed E-state index contributed by atoms with van der Waals surface area (Å²) in [7, 11) is 0. The van der Waals surface area contributed by atoms with Crippen molar-refractivity contribution >= 4 is 23.1 Å². The van der Waals surface area contributed by atoms with Gasteiger partial charge in [-0.1, -0.05) is 47.3 Å². The molecule has 3 heteroatoms. The van der Waals surface area contributed by atoms with Gasteiger partial charge in [-0.2, -0.15) is 0 Å². The SMILES string of the molecule is [Pt].[c-]1cccc2c1-c1ncccc1B2c1ccccc1. The van der Waals surface area contributed by atoms with Gasteiger partial charge in [-0.25, -0.2) is 0 Å². The van der Waals surface area contributed by atoms with Crippen LogP contribution in [0.4, 0.5) is 0 Å². The minimum atomic E-state index is 0. The Balaban J connectivity index is 0.00000121. The average molecular weight is 435 g/mol. The number of rotatable bonds is 1. The van der Waals surface area contributed by atoms with Crippen LogP contribution in [0.5, 0.6) is 0 Å². The molecule has 4 rings (SSSR count). The smallest absolute Gasteiger partial charge is 0.181 e. The van der Waals surface area contributed by atoms with Crippen molar-refractivity contribution in [2.75, 3.05) is 0 Å². The number of fused-ring (bicyclic) bond motifs is 3. The Kier molecular flexibility index (Phi) is 3.59. The first-order valence-corrected chi connectivity index (χ1v) is 6.46. The summed E-state index contributed by atoms with van der Waals surface area (Å²) in [5.41, 5.74) is 6.13. The van der Waals surface area contributed by atoms with Gasteiger partial charge in [-0.05, 0) is 11.8 Å². The van der Waals surface area contributed by atoms with E-state index in [2.05, 4.69) is 59.6 Å². The molecule has 0 amide bonds. The first-order chi connectivity index (χ1) is 9.45. The van der Waals surface area contributed by atoms with Crippen molar-refractivity contribution in [1.29, 1.82) is 0 Å². The van der Waals surface area contributed by atoms with Crippen LogP contribution in [0.2, 0.25) is 0 Å². The van der Waals surface area contributed by atoms with Gasteiger partial charge in [0.1, 0.15) is 0 Å². The van der Waals surface area contributed by atoms with Crippen LogP contribution in [-0.2, 0) is 21.1 Å². The second-order valence-electron chi connectivity index (χ2n) is 4.79. The molecule has 0 aliphatic carbocycles. The molecular weight excluding hydrogens is 424 g/mol. The molecule has 0 radical (unpaired) electrons. The molecule has 0 N–H and O–H groups in total. The summed E-state index contributed by atoms with van der Waals surface area (Å²) in [5, 5.41) is 0. The minimum absolute atomic E-state index is 0. The number of hydrogen-bond donors (Lipinski definition) is 0. The maximum atomic E-state index is 4.55. The van der Waals surface area contributed by atoms with Crippen LogP contribution in [-0.4, -0.2) is 11.7 Å². The molecule has 3 aromatic rings. The van der Waals surface area contributed by atoms with E-state index in [0.29, 0.717) is 0 Å². The number of aromatic nitrogens is 1. The molecule has 20 heavy (non-hydrogen) atoms. The first kappa shape index (κ1) is 13.3. The van der Waals surface area contributed by atoms with E-state index in [9.17, 15) is 0 Å². The summed E-state index contributed by atoms with van der Waals surface area (Å²) >= 11 is 0. The molecule has 0 fully saturated rings. The van der Waals surface area contributed by atoms with Crippen molar-refractivity contribution in [2.24, 2.45) is 0 Å². The maximum Gasteiger partial charge on any atom is 0.181 e. The molecule has 1 nitrogen and oxygen atoms in total. The third-order valence-corrected chi connectivity index (χ3v) is 3.72. The van der Waals surface area contributed by atoms with Gasteiger partial charge in [0.2, 0.25) is 0 Å². The standard InChI is InChI=1S/C17H11BN.Pt/c1-2-7-13(8-3-1)18-15-10-5-4-9-14(15)17-16(18)11-6-12-19-17;/h1-8,10-12H;/q-1;. The molecular formula is C17H11BNPt-. The third-order valence-electron chi connectivity index (χ3n) is 3.72. The molecule has 0 bridgehead atoms. The fourth-order valence-corrected chi connectivity index (χ4v) is 2.93. The van der Waals surface area contributed by atoms with Crippen LogP contribution in [0.15, 0.2) is 66.9 Å². The van der Waals surface area contributed by atoms with Crippen molar-refractivity contribution in [3.05, 3.63) is 72.9 Å². The van der Waals surface area contributed by atoms with E-state index in [1.807, 2.05) is 18.3 Å². The average Bonchev–Trinajstić information content (AvgIpc) is 2.83. The number of nitrogens with zero attached hydrogens (tertiary/aromatic N) is 1. The van der Waals surface area contributed by atoms with Crippen LogP contribution in [0.3, 0.4) is 0 Å².